The highest BCUT2D eigenvalue weighted by atomic mass is 16.5. The van der Waals surface area contributed by atoms with E-state index >= 15 is 0 Å². The lowest BCUT2D eigenvalue weighted by Gasteiger charge is -2.37. The topological polar surface area (TPSA) is 42.4 Å². The van der Waals surface area contributed by atoms with Crippen LogP contribution >= 0.6 is 0 Å². The Labute approximate surface area is 98.1 Å². The third-order valence-electron chi connectivity index (χ3n) is 3.03. The van der Waals surface area contributed by atoms with Crippen LogP contribution in [-0.2, 0) is 4.65 Å². The Morgan fingerprint density at radius 2 is 1.94 bits per heavy atom. The number of nitrogens with zero attached hydrogens (tertiary/aromatic N) is 1. The van der Waals surface area contributed by atoms with Gasteiger partial charge < -0.3 is 9.76 Å². The number of rotatable bonds is 4. The van der Waals surface area contributed by atoms with Crippen molar-refractivity contribution >= 4 is 12.9 Å². The van der Waals surface area contributed by atoms with Crippen molar-refractivity contribution in [3.63, 3.8) is 0 Å². The molecule has 0 spiro atoms. The molecule has 1 radical (unpaired) electrons. The smallest absolute Gasteiger partial charge is 0.332 e. The van der Waals surface area contributed by atoms with Gasteiger partial charge in [0.25, 0.3) is 0 Å². The highest BCUT2D eigenvalue weighted by Crippen LogP contribution is 2.24. The Kier molecular flexibility index (Phi) is 3.76. The van der Waals surface area contributed by atoms with Gasteiger partial charge in [0, 0.05) is 12.4 Å². The van der Waals surface area contributed by atoms with Crippen molar-refractivity contribution in [3.05, 3.63) is 24.0 Å². The number of aliphatic hydroxyl groups is 1. The molecule has 0 fully saturated rings. The fourth-order valence-electron chi connectivity index (χ4n) is 0.955. The molecule has 1 aromatic heterocycles. The maximum atomic E-state index is 9.93. The highest BCUT2D eigenvalue weighted by molar-refractivity contribution is 6.47. The molecule has 0 amide bonds. The van der Waals surface area contributed by atoms with E-state index in [1.807, 2.05) is 26.8 Å². The normalized spacial score (nSPS) is 12.6. The summed E-state index contributed by atoms with van der Waals surface area (Å²) < 4.78 is 5.65. The summed E-state index contributed by atoms with van der Waals surface area (Å²) in [5.41, 5.74) is 0.482. The summed E-state index contributed by atoms with van der Waals surface area (Å²) in [5.74, 6) is 0. The first-order valence-electron chi connectivity index (χ1n) is 5.38. The highest BCUT2D eigenvalue weighted by Gasteiger charge is 2.35. The Balaban J connectivity index is 2.69. The van der Waals surface area contributed by atoms with Gasteiger partial charge >= 0.3 is 7.48 Å². The van der Waals surface area contributed by atoms with Crippen LogP contribution in [-0.4, -0.2) is 28.8 Å². The zero-order valence-electron chi connectivity index (χ0n) is 10.6. The van der Waals surface area contributed by atoms with E-state index < -0.39 is 11.2 Å². The number of hydrogen-bond donors (Lipinski definition) is 1. The molecule has 0 aromatic carbocycles. The molecule has 0 unspecified atom stereocenters. The second-order valence-electron chi connectivity index (χ2n) is 5.04. The molecule has 87 valence electrons. The summed E-state index contributed by atoms with van der Waals surface area (Å²) in [6.07, 6.45) is 3.49. The molecule has 0 bridgehead atoms. The van der Waals surface area contributed by atoms with Crippen LogP contribution in [0.5, 0.6) is 0 Å². The van der Waals surface area contributed by atoms with Crippen LogP contribution in [0.25, 0.3) is 0 Å². The molecule has 0 atom stereocenters. The average Bonchev–Trinajstić information content (AvgIpc) is 2.15. The quantitative estimate of drug-likeness (QED) is 0.775. The zero-order chi connectivity index (χ0) is 12.4. The lowest BCUT2D eigenvalue weighted by molar-refractivity contribution is -0.0893. The van der Waals surface area contributed by atoms with Gasteiger partial charge in [-0.3, -0.25) is 4.98 Å². The van der Waals surface area contributed by atoms with Crippen LogP contribution in [0.2, 0.25) is 0 Å². The molecule has 0 aliphatic rings. The minimum atomic E-state index is -0.903. The molecule has 3 nitrogen and oxygen atoms in total. The first kappa shape index (κ1) is 13.2. The van der Waals surface area contributed by atoms with Gasteiger partial charge in [0.05, 0.1) is 11.2 Å². The van der Waals surface area contributed by atoms with Crippen molar-refractivity contribution < 1.29 is 9.76 Å². The summed E-state index contributed by atoms with van der Waals surface area (Å²) in [6, 6.07) is 1.92. The van der Waals surface area contributed by atoms with E-state index in [0.717, 1.165) is 11.0 Å². The lowest BCUT2D eigenvalue weighted by atomic mass is 9.81. The molecular formula is C12H19BNO2. The van der Waals surface area contributed by atoms with Crippen molar-refractivity contribution in [3.8, 4) is 0 Å². The van der Waals surface area contributed by atoms with Crippen LogP contribution in [0.1, 0.15) is 33.3 Å². The fraction of sp³-hybridized carbons (Fsp3) is 0.583. The summed E-state index contributed by atoms with van der Waals surface area (Å²) >= 11 is 0. The molecule has 4 heteroatoms. The van der Waals surface area contributed by atoms with Gasteiger partial charge in [0.15, 0.2) is 0 Å². The Bertz CT molecular complexity index is 358. The van der Waals surface area contributed by atoms with E-state index in [4.69, 9.17) is 4.65 Å². The van der Waals surface area contributed by atoms with Crippen molar-refractivity contribution in [1.82, 2.24) is 4.98 Å². The van der Waals surface area contributed by atoms with E-state index in [-0.39, 0.29) is 0 Å². The fourth-order valence-corrected chi connectivity index (χ4v) is 0.955. The summed E-state index contributed by atoms with van der Waals surface area (Å²) in [5, 5.41) is 9.93. The van der Waals surface area contributed by atoms with Crippen LogP contribution in [0.15, 0.2) is 18.5 Å². The first-order valence-corrected chi connectivity index (χ1v) is 5.38. The van der Waals surface area contributed by atoms with E-state index in [9.17, 15) is 5.11 Å². The van der Waals surface area contributed by atoms with Gasteiger partial charge in [0.1, 0.15) is 0 Å². The largest absolute Gasteiger partial charge is 0.427 e. The molecule has 1 rings (SSSR count). The summed E-state index contributed by atoms with van der Waals surface area (Å²) in [6.45, 7) is 9.17. The molecule has 0 aliphatic carbocycles. The molecule has 0 saturated heterocycles. The molecule has 1 N–H and O–H groups in total. The minimum absolute atomic E-state index is 0.644. The summed E-state index contributed by atoms with van der Waals surface area (Å²) in [7, 11) is 1.65. The predicted octanol–water partition coefficient (Wildman–Crippen LogP) is 1.20. The predicted molar refractivity (Wildman–Crippen MR) is 65.8 cm³/mol. The third kappa shape index (κ3) is 3.06. The first-order chi connectivity index (χ1) is 7.24. The number of aryl methyl sites for hydroxylation is 1. The van der Waals surface area contributed by atoms with Crippen LogP contribution in [0.3, 0.4) is 0 Å². The van der Waals surface area contributed by atoms with Crippen molar-refractivity contribution in [2.75, 3.05) is 0 Å². The maximum absolute atomic E-state index is 9.93. The average molecular weight is 220 g/mol. The van der Waals surface area contributed by atoms with Gasteiger partial charge in [-0.2, -0.15) is 0 Å². The maximum Gasteiger partial charge on any atom is 0.332 e. The third-order valence-corrected chi connectivity index (χ3v) is 3.03. The SMILES string of the molecule is Cc1ccncc1[B]OC(C)(C)C(C)(C)O. The van der Waals surface area contributed by atoms with Crippen LogP contribution in [0.4, 0.5) is 0 Å². The second kappa shape index (κ2) is 4.56. The van der Waals surface area contributed by atoms with Gasteiger partial charge in [-0.15, -0.1) is 0 Å². The van der Waals surface area contributed by atoms with Crippen molar-refractivity contribution in [2.24, 2.45) is 0 Å². The zero-order valence-corrected chi connectivity index (χ0v) is 10.6. The monoisotopic (exact) mass is 220 g/mol. The van der Waals surface area contributed by atoms with Gasteiger partial charge in [0.2, 0.25) is 0 Å². The van der Waals surface area contributed by atoms with Gasteiger partial charge in [-0.1, -0.05) is 5.56 Å². The van der Waals surface area contributed by atoms with Gasteiger partial charge in [-0.25, -0.2) is 0 Å². The molecule has 1 heterocycles. The molecule has 0 saturated carbocycles. The number of pyridine rings is 1. The van der Waals surface area contributed by atoms with Crippen LogP contribution < -0.4 is 5.46 Å². The number of aromatic nitrogens is 1. The van der Waals surface area contributed by atoms with E-state index in [1.165, 1.54) is 0 Å². The minimum Gasteiger partial charge on any atom is -0.427 e. The Morgan fingerprint density at radius 1 is 1.31 bits per heavy atom. The van der Waals surface area contributed by atoms with E-state index in [1.54, 1.807) is 33.7 Å². The molecule has 16 heavy (non-hydrogen) atoms. The second-order valence-corrected chi connectivity index (χ2v) is 5.04. The Hall–Kier alpha value is -0.865. The van der Waals surface area contributed by atoms with Crippen molar-refractivity contribution in [2.45, 2.75) is 45.8 Å². The van der Waals surface area contributed by atoms with Crippen molar-refractivity contribution in [1.29, 1.82) is 0 Å². The Morgan fingerprint density at radius 3 is 2.44 bits per heavy atom. The van der Waals surface area contributed by atoms with E-state index in [2.05, 4.69) is 4.98 Å². The summed E-state index contributed by atoms with van der Waals surface area (Å²) in [4.78, 5) is 4.03. The standard InChI is InChI=1S/C12H19BNO2/c1-9-6-7-14-8-10(9)13-16-12(4,5)11(2,3)15/h6-8,15H,1-5H3. The van der Waals surface area contributed by atoms with Crippen LogP contribution in [0, 0.1) is 6.92 Å². The molecule has 1 aromatic rings. The van der Waals surface area contributed by atoms with Gasteiger partial charge in [-0.05, 0) is 46.1 Å². The lowest BCUT2D eigenvalue weighted by Crippen LogP contribution is -2.49. The number of hydrogen-bond acceptors (Lipinski definition) is 3. The van der Waals surface area contributed by atoms with E-state index in [0.29, 0.717) is 0 Å². The molecular weight excluding hydrogens is 201 g/mol. The molecule has 0 aliphatic heterocycles.